The molecule has 4 heterocycles. The summed E-state index contributed by atoms with van der Waals surface area (Å²) in [5, 5.41) is 17.9. The Morgan fingerprint density at radius 1 is 1.23 bits per heavy atom. The number of aliphatic hydroxyl groups excluding tert-OH is 1. The van der Waals surface area contributed by atoms with Crippen molar-refractivity contribution in [2.75, 3.05) is 24.3 Å². The summed E-state index contributed by atoms with van der Waals surface area (Å²) < 4.78 is 7.20. The Morgan fingerprint density at radius 2 is 2.10 bits per heavy atom. The molecule has 0 radical (unpaired) electrons. The summed E-state index contributed by atoms with van der Waals surface area (Å²) >= 11 is 0. The van der Waals surface area contributed by atoms with Crippen LogP contribution in [0.1, 0.15) is 31.9 Å². The molecule has 3 aromatic rings. The minimum Gasteiger partial charge on any atom is -0.393 e. The summed E-state index contributed by atoms with van der Waals surface area (Å²) in [7, 11) is 0. The third kappa shape index (κ3) is 3.59. The van der Waals surface area contributed by atoms with Crippen LogP contribution in [0.3, 0.4) is 0 Å². The van der Waals surface area contributed by atoms with Gasteiger partial charge in [0.2, 0.25) is 0 Å². The summed E-state index contributed by atoms with van der Waals surface area (Å²) in [5.74, 6) is 1.65. The van der Waals surface area contributed by atoms with E-state index in [2.05, 4.69) is 15.4 Å². The van der Waals surface area contributed by atoms with Crippen molar-refractivity contribution in [1.29, 1.82) is 0 Å². The summed E-state index contributed by atoms with van der Waals surface area (Å²) in [6.07, 6.45) is 8.54. The number of pyridine rings is 1. The quantitative estimate of drug-likeness (QED) is 0.565. The van der Waals surface area contributed by atoms with Crippen molar-refractivity contribution in [2.24, 2.45) is 5.92 Å². The average molecular weight is 409 g/mol. The van der Waals surface area contributed by atoms with Gasteiger partial charge in [-0.1, -0.05) is 6.92 Å². The monoisotopic (exact) mass is 409 g/mol. The Hall–Kier alpha value is -2.78. The third-order valence-corrected chi connectivity index (χ3v) is 5.98. The van der Waals surface area contributed by atoms with E-state index in [0.29, 0.717) is 22.8 Å². The first-order valence-electron chi connectivity index (χ1n) is 10.6. The second-order valence-corrected chi connectivity index (χ2v) is 8.29. The fraction of sp³-hybridized carbons (Fsp3) is 0.524. The molecule has 2 aliphatic rings. The first-order chi connectivity index (χ1) is 14.6. The highest BCUT2D eigenvalue weighted by molar-refractivity contribution is 5.96. The van der Waals surface area contributed by atoms with Crippen LogP contribution in [0, 0.1) is 5.92 Å². The fourth-order valence-electron chi connectivity index (χ4n) is 4.21. The Labute approximate surface area is 174 Å². The molecule has 0 unspecified atom stereocenters. The van der Waals surface area contributed by atoms with E-state index in [1.165, 1.54) is 0 Å². The molecule has 1 aliphatic carbocycles. The minimum absolute atomic E-state index is 0.201. The number of aryl methyl sites for hydroxylation is 1. The van der Waals surface area contributed by atoms with Crippen LogP contribution < -0.4 is 11.1 Å². The number of nitrogens with two attached hydrogens (primary N) is 1. The second-order valence-electron chi connectivity index (χ2n) is 8.29. The lowest BCUT2D eigenvalue weighted by Crippen LogP contribution is -2.31. The van der Waals surface area contributed by atoms with Crippen LogP contribution in [0.15, 0.2) is 18.6 Å². The first-order valence-corrected chi connectivity index (χ1v) is 10.6. The molecule has 0 spiro atoms. The molecule has 0 bridgehead atoms. The van der Waals surface area contributed by atoms with Crippen LogP contribution in [0.25, 0.3) is 22.2 Å². The number of aliphatic hydroxyl groups is 1. The Bertz CT molecular complexity index is 1060. The number of aromatic nitrogens is 5. The lowest BCUT2D eigenvalue weighted by atomic mass is 10.1. The van der Waals surface area contributed by atoms with Gasteiger partial charge in [0.05, 0.1) is 31.2 Å². The van der Waals surface area contributed by atoms with Gasteiger partial charge in [-0.05, 0) is 25.7 Å². The van der Waals surface area contributed by atoms with Gasteiger partial charge in [0.25, 0.3) is 0 Å². The van der Waals surface area contributed by atoms with Crippen molar-refractivity contribution in [1.82, 2.24) is 24.7 Å². The molecule has 2 atom stereocenters. The molecule has 30 heavy (non-hydrogen) atoms. The topological polar surface area (TPSA) is 124 Å². The second kappa shape index (κ2) is 7.81. The first kappa shape index (κ1) is 19.2. The highest BCUT2D eigenvalue weighted by Crippen LogP contribution is 2.31. The van der Waals surface area contributed by atoms with Crippen molar-refractivity contribution in [3.8, 4) is 11.1 Å². The molecule has 0 aromatic carbocycles. The Balaban J connectivity index is 1.53. The maximum Gasteiger partial charge on any atom is 0.151 e. The zero-order valence-corrected chi connectivity index (χ0v) is 17.1. The van der Waals surface area contributed by atoms with Gasteiger partial charge in [-0.3, -0.25) is 4.68 Å². The molecule has 158 valence electrons. The molecule has 2 fully saturated rings. The number of nitrogens with zero attached hydrogens (tertiary/aromatic N) is 5. The third-order valence-electron chi connectivity index (χ3n) is 5.98. The van der Waals surface area contributed by atoms with Crippen molar-refractivity contribution in [3.63, 3.8) is 0 Å². The van der Waals surface area contributed by atoms with Crippen LogP contribution in [0.4, 0.5) is 11.6 Å². The molecule has 9 heteroatoms. The number of anilines is 2. The lowest BCUT2D eigenvalue weighted by molar-refractivity contribution is -0.0408. The van der Waals surface area contributed by atoms with E-state index in [9.17, 15) is 5.11 Å². The Kier molecular flexibility index (Phi) is 5.00. The molecule has 3 aromatic heterocycles. The molecule has 9 nitrogen and oxygen atoms in total. The van der Waals surface area contributed by atoms with Gasteiger partial charge in [-0.15, -0.1) is 0 Å². The molecular formula is C21H27N7O2. The number of hydrogen-bond acceptors (Lipinski definition) is 8. The van der Waals surface area contributed by atoms with Crippen molar-refractivity contribution in [3.05, 3.63) is 24.3 Å². The molecule has 1 aliphatic heterocycles. The smallest absolute Gasteiger partial charge is 0.151 e. The van der Waals surface area contributed by atoms with Crippen molar-refractivity contribution in [2.45, 2.75) is 51.3 Å². The van der Waals surface area contributed by atoms with E-state index in [0.717, 1.165) is 68.1 Å². The van der Waals surface area contributed by atoms with E-state index in [-0.39, 0.29) is 12.1 Å². The standard InChI is InChI=1S/C21H27N7O2/c1-2-17-21(25-14-3-4-15(29)5-14)27-18-16(7-23-20(22)19(18)26-17)13-6-24-28(9-13)8-12-10-30-11-12/h6-7,9,12,14-15,29H,2-5,8,10-11H2,1H3,(H2,22,23)(H,25,27)/t14-,15+/m1/s1. The molecular weight excluding hydrogens is 382 g/mol. The predicted octanol–water partition coefficient (Wildman–Crippen LogP) is 2.00. The maximum absolute atomic E-state index is 9.87. The zero-order chi connectivity index (χ0) is 20.7. The SMILES string of the molecule is CCc1nc2c(N)ncc(-c3cnn(CC4COC4)c3)c2nc1N[C@@H]1CC[C@H](O)C1. The number of nitrogen functional groups attached to an aromatic ring is 1. The molecule has 1 saturated carbocycles. The normalized spacial score (nSPS) is 21.8. The molecule has 4 N–H and O–H groups in total. The molecule has 1 saturated heterocycles. The van der Waals surface area contributed by atoms with Crippen molar-refractivity contribution < 1.29 is 9.84 Å². The number of rotatable bonds is 6. The van der Waals surface area contributed by atoms with Gasteiger partial charge >= 0.3 is 0 Å². The van der Waals surface area contributed by atoms with Gasteiger partial charge in [0.15, 0.2) is 5.82 Å². The van der Waals surface area contributed by atoms with Gasteiger partial charge < -0.3 is 20.9 Å². The number of fused-ring (bicyclic) bond motifs is 1. The summed E-state index contributed by atoms with van der Waals surface area (Å²) in [6.45, 7) is 4.46. The summed E-state index contributed by atoms with van der Waals surface area (Å²) in [5.41, 5.74) is 10.1. The van der Waals surface area contributed by atoms with E-state index in [1.807, 2.05) is 24.0 Å². The zero-order valence-electron chi connectivity index (χ0n) is 17.1. The van der Waals surface area contributed by atoms with Crippen LogP contribution in [-0.4, -0.2) is 55.2 Å². The number of ether oxygens (including phenoxy) is 1. The van der Waals surface area contributed by atoms with Crippen molar-refractivity contribution >= 4 is 22.7 Å². The van der Waals surface area contributed by atoms with Gasteiger partial charge in [-0.2, -0.15) is 5.10 Å². The number of hydrogen-bond donors (Lipinski definition) is 3. The summed E-state index contributed by atoms with van der Waals surface area (Å²) in [4.78, 5) is 14.1. The minimum atomic E-state index is -0.247. The lowest BCUT2D eigenvalue weighted by Gasteiger charge is -2.25. The molecule has 5 rings (SSSR count). The summed E-state index contributed by atoms with van der Waals surface area (Å²) in [6, 6.07) is 0.201. The van der Waals surface area contributed by atoms with E-state index in [4.69, 9.17) is 20.4 Å². The highest BCUT2D eigenvalue weighted by atomic mass is 16.5. The Morgan fingerprint density at radius 3 is 2.80 bits per heavy atom. The van der Waals surface area contributed by atoms with Gasteiger partial charge in [0.1, 0.15) is 16.9 Å². The largest absolute Gasteiger partial charge is 0.393 e. The average Bonchev–Trinajstić information content (AvgIpc) is 3.34. The van der Waals surface area contributed by atoms with Crippen LogP contribution in [0.2, 0.25) is 0 Å². The van der Waals surface area contributed by atoms with Crippen LogP contribution in [-0.2, 0) is 17.7 Å². The van der Waals surface area contributed by atoms with Crippen LogP contribution >= 0.6 is 0 Å². The van der Waals surface area contributed by atoms with E-state index in [1.54, 1.807) is 6.20 Å². The van der Waals surface area contributed by atoms with Gasteiger partial charge in [-0.25, -0.2) is 15.0 Å². The highest BCUT2D eigenvalue weighted by Gasteiger charge is 2.25. The number of nitrogens with one attached hydrogen (secondary N) is 1. The maximum atomic E-state index is 9.87. The molecule has 0 amide bonds. The van der Waals surface area contributed by atoms with Gasteiger partial charge in [0, 0.05) is 42.0 Å². The van der Waals surface area contributed by atoms with E-state index >= 15 is 0 Å². The fourth-order valence-corrected chi connectivity index (χ4v) is 4.21. The predicted molar refractivity (Wildman–Crippen MR) is 114 cm³/mol. The van der Waals surface area contributed by atoms with E-state index < -0.39 is 0 Å². The van der Waals surface area contributed by atoms with Crippen LogP contribution in [0.5, 0.6) is 0 Å².